The molecule has 1 fully saturated rings. The molecule has 1 atom stereocenters. The van der Waals surface area contributed by atoms with Crippen LogP contribution in [0, 0.1) is 5.82 Å². The monoisotopic (exact) mass is 382 g/mol. The van der Waals surface area contributed by atoms with Crippen LogP contribution >= 0.6 is 0 Å². The highest BCUT2D eigenvalue weighted by atomic mass is 19.1. The zero-order chi connectivity index (χ0) is 19.1. The van der Waals surface area contributed by atoms with Crippen molar-refractivity contribution in [1.82, 2.24) is 30.0 Å². The number of halogens is 1. The van der Waals surface area contributed by atoms with Gasteiger partial charge in [0.25, 0.3) is 0 Å². The van der Waals surface area contributed by atoms with Crippen molar-refractivity contribution in [2.75, 3.05) is 20.1 Å². The smallest absolute Gasteiger partial charge is 0.230 e. The Morgan fingerprint density at radius 1 is 1.11 bits per heavy atom. The third-order valence-corrected chi connectivity index (χ3v) is 5.97. The molecule has 0 spiro atoms. The summed E-state index contributed by atoms with van der Waals surface area (Å²) in [4.78, 5) is 6.92. The van der Waals surface area contributed by atoms with Gasteiger partial charge in [0, 0.05) is 17.9 Å². The normalized spacial score (nSPS) is 21.0. The molecule has 28 heavy (non-hydrogen) atoms. The van der Waals surface area contributed by atoms with Crippen LogP contribution < -0.4 is 0 Å². The first-order valence-electron chi connectivity index (χ1n) is 9.88. The number of aromatic nitrogens is 5. The van der Waals surface area contributed by atoms with Gasteiger partial charge in [-0.05, 0) is 70.1 Å². The molecular weight excluding hydrogens is 359 g/mol. The molecule has 2 aliphatic rings. The van der Waals surface area contributed by atoms with E-state index in [1.807, 2.05) is 0 Å². The van der Waals surface area contributed by atoms with Crippen LogP contribution in [0.4, 0.5) is 4.39 Å². The van der Waals surface area contributed by atoms with Gasteiger partial charge in [0.1, 0.15) is 5.82 Å². The lowest BCUT2D eigenvalue weighted by atomic mass is 9.89. The van der Waals surface area contributed by atoms with E-state index in [-0.39, 0.29) is 11.7 Å². The largest absolute Gasteiger partial charge is 0.339 e. The number of fused-ring (bicyclic) bond motifs is 1. The number of likely N-dealkylation sites (tertiary alicyclic amines) is 1. The molecule has 7 nitrogen and oxygen atoms in total. The standard InChI is InChI=1S/C20H23FN6O/c1-26-10-8-16(9-11-26)27-18-7-4-14(12-17(18)23-25-27)20-22-19(24-28-20)13-2-5-15(21)6-3-13/h2-3,5-6,14,16H,4,7-12H2,1H3. The maximum Gasteiger partial charge on any atom is 0.230 e. The predicted molar refractivity (Wildman–Crippen MR) is 100 cm³/mol. The van der Waals surface area contributed by atoms with Gasteiger partial charge in [0.15, 0.2) is 0 Å². The second-order valence-electron chi connectivity index (χ2n) is 7.86. The summed E-state index contributed by atoms with van der Waals surface area (Å²) in [5, 5.41) is 13.0. The number of rotatable bonds is 3. The first-order valence-corrected chi connectivity index (χ1v) is 9.88. The molecule has 0 N–H and O–H groups in total. The zero-order valence-electron chi connectivity index (χ0n) is 15.9. The predicted octanol–water partition coefficient (Wildman–Crippen LogP) is 3.01. The Labute approximate surface area is 162 Å². The van der Waals surface area contributed by atoms with E-state index < -0.39 is 0 Å². The van der Waals surface area contributed by atoms with Crippen molar-refractivity contribution in [3.8, 4) is 11.4 Å². The summed E-state index contributed by atoms with van der Waals surface area (Å²) < 4.78 is 20.8. The number of benzene rings is 1. The summed E-state index contributed by atoms with van der Waals surface area (Å²) in [7, 11) is 2.17. The Hall–Kier alpha value is -2.61. The minimum Gasteiger partial charge on any atom is -0.339 e. The van der Waals surface area contributed by atoms with Crippen LogP contribution in [-0.4, -0.2) is 50.2 Å². The van der Waals surface area contributed by atoms with E-state index in [2.05, 4.69) is 37.1 Å². The van der Waals surface area contributed by atoms with E-state index in [0.717, 1.165) is 56.5 Å². The molecule has 5 rings (SSSR count). The summed E-state index contributed by atoms with van der Waals surface area (Å²) in [6, 6.07) is 6.59. The minimum absolute atomic E-state index is 0.150. The molecule has 1 aromatic carbocycles. The molecule has 1 unspecified atom stereocenters. The van der Waals surface area contributed by atoms with Crippen LogP contribution in [0.2, 0.25) is 0 Å². The number of hydrogen-bond acceptors (Lipinski definition) is 6. The van der Waals surface area contributed by atoms with Gasteiger partial charge in [-0.3, -0.25) is 0 Å². The van der Waals surface area contributed by atoms with Crippen molar-refractivity contribution in [3.63, 3.8) is 0 Å². The molecule has 1 aliphatic carbocycles. The fourth-order valence-electron chi connectivity index (χ4n) is 4.27. The van der Waals surface area contributed by atoms with Crippen molar-refractivity contribution < 1.29 is 8.91 Å². The van der Waals surface area contributed by atoms with Crippen LogP contribution in [0.25, 0.3) is 11.4 Å². The third-order valence-electron chi connectivity index (χ3n) is 5.97. The van der Waals surface area contributed by atoms with Crippen LogP contribution in [0.3, 0.4) is 0 Å². The fraction of sp³-hybridized carbons (Fsp3) is 0.500. The van der Waals surface area contributed by atoms with E-state index in [9.17, 15) is 4.39 Å². The third kappa shape index (κ3) is 3.22. The molecule has 0 amide bonds. The van der Waals surface area contributed by atoms with E-state index in [1.54, 1.807) is 12.1 Å². The van der Waals surface area contributed by atoms with Crippen molar-refractivity contribution >= 4 is 0 Å². The van der Waals surface area contributed by atoms with Crippen molar-refractivity contribution in [2.24, 2.45) is 0 Å². The first-order chi connectivity index (χ1) is 13.7. The van der Waals surface area contributed by atoms with Crippen LogP contribution in [0.1, 0.15) is 48.5 Å². The molecule has 1 saturated heterocycles. The Bertz CT molecular complexity index is 957. The topological polar surface area (TPSA) is 72.9 Å². The lowest BCUT2D eigenvalue weighted by molar-refractivity contribution is 0.207. The van der Waals surface area contributed by atoms with Crippen LogP contribution in [0.5, 0.6) is 0 Å². The summed E-state index contributed by atoms with van der Waals surface area (Å²) >= 11 is 0. The average molecular weight is 382 g/mol. The summed E-state index contributed by atoms with van der Waals surface area (Å²) in [6.07, 6.45) is 4.89. The molecule has 3 aromatic rings. The van der Waals surface area contributed by atoms with Gasteiger partial charge in [-0.2, -0.15) is 4.98 Å². The maximum absolute atomic E-state index is 13.1. The van der Waals surface area contributed by atoms with Crippen LogP contribution in [-0.2, 0) is 12.8 Å². The first kappa shape index (κ1) is 17.5. The van der Waals surface area contributed by atoms with Gasteiger partial charge in [-0.1, -0.05) is 10.4 Å². The lowest BCUT2D eigenvalue weighted by Gasteiger charge is -2.30. The summed E-state index contributed by atoms with van der Waals surface area (Å²) in [5.41, 5.74) is 3.07. The molecule has 146 valence electrons. The molecule has 0 saturated carbocycles. The Morgan fingerprint density at radius 3 is 2.68 bits per heavy atom. The zero-order valence-corrected chi connectivity index (χ0v) is 15.9. The van der Waals surface area contributed by atoms with E-state index in [0.29, 0.717) is 17.8 Å². The lowest BCUT2D eigenvalue weighted by Crippen LogP contribution is -2.32. The molecule has 0 radical (unpaired) electrons. The molecule has 1 aliphatic heterocycles. The number of piperidine rings is 1. The Morgan fingerprint density at radius 2 is 1.89 bits per heavy atom. The Kier molecular flexibility index (Phi) is 4.43. The second-order valence-corrected chi connectivity index (χ2v) is 7.86. The SMILES string of the molecule is CN1CCC(n2nnc3c2CCC(c2nc(-c4ccc(F)cc4)no2)C3)CC1. The van der Waals surface area contributed by atoms with Crippen molar-refractivity contribution in [2.45, 2.75) is 44.1 Å². The highest BCUT2D eigenvalue weighted by Gasteiger charge is 2.31. The second kappa shape index (κ2) is 7.09. The Balaban J connectivity index is 1.32. The van der Waals surface area contributed by atoms with Gasteiger partial charge >= 0.3 is 0 Å². The van der Waals surface area contributed by atoms with Gasteiger partial charge in [-0.25, -0.2) is 9.07 Å². The number of hydrogen-bond donors (Lipinski definition) is 0. The van der Waals surface area contributed by atoms with E-state index in [4.69, 9.17) is 4.52 Å². The highest BCUT2D eigenvalue weighted by Crippen LogP contribution is 2.34. The van der Waals surface area contributed by atoms with Gasteiger partial charge < -0.3 is 9.42 Å². The van der Waals surface area contributed by atoms with E-state index >= 15 is 0 Å². The summed E-state index contributed by atoms with van der Waals surface area (Å²) in [6.45, 7) is 2.21. The maximum atomic E-state index is 13.1. The summed E-state index contributed by atoms with van der Waals surface area (Å²) in [5.74, 6) is 0.992. The minimum atomic E-state index is -0.278. The molecule has 0 bridgehead atoms. The average Bonchev–Trinajstić information content (AvgIpc) is 3.36. The van der Waals surface area contributed by atoms with Gasteiger partial charge in [-0.15, -0.1) is 5.10 Å². The fourth-order valence-corrected chi connectivity index (χ4v) is 4.27. The van der Waals surface area contributed by atoms with Crippen molar-refractivity contribution in [1.29, 1.82) is 0 Å². The van der Waals surface area contributed by atoms with Gasteiger partial charge in [0.05, 0.1) is 17.4 Å². The van der Waals surface area contributed by atoms with Crippen molar-refractivity contribution in [3.05, 3.63) is 47.4 Å². The molecule has 8 heteroatoms. The quantitative estimate of drug-likeness (QED) is 0.693. The molecular formula is C20H23FN6O. The number of nitrogens with zero attached hydrogens (tertiary/aromatic N) is 6. The van der Waals surface area contributed by atoms with Crippen LogP contribution in [0.15, 0.2) is 28.8 Å². The molecule has 2 aromatic heterocycles. The van der Waals surface area contributed by atoms with Gasteiger partial charge in [0.2, 0.25) is 11.7 Å². The highest BCUT2D eigenvalue weighted by molar-refractivity contribution is 5.53. The molecule has 3 heterocycles. The van der Waals surface area contributed by atoms with E-state index in [1.165, 1.54) is 17.8 Å².